The van der Waals surface area contributed by atoms with Gasteiger partial charge in [-0.15, -0.1) is 0 Å². The monoisotopic (exact) mass is 270 g/mol. The van der Waals surface area contributed by atoms with E-state index in [1.807, 2.05) is 0 Å². The lowest BCUT2D eigenvalue weighted by molar-refractivity contribution is 0.0268. The van der Waals surface area contributed by atoms with E-state index >= 15 is 0 Å². The van der Waals surface area contributed by atoms with E-state index in [0.29, 0.717) is 13.1 Å². The Bertz CT molecular complexity index is 471. The SMILES string of the molecule is COC1CCCN(C(=O)c2cc(F)c(N)c(F)c2)C1. The summed E-state index contributed by atoms with van der Waals surface area (Å²) in [5.41, 5.74) is 4.59. The Morgan fingerprint density at radius 2 is 2.05 bits per heavy atom. The Hall–Kier alpha value is -1.69. The van der Waals surface area contributed by atoms with E-state index in [-0.39, 0.29) is 11.7 Å². The van der Waals surface area contributed by atoms with Crippen LogP contribution >= 0.6 is 0 Å². The number of piperidine rings is 1. The van der Waals surface area contributed by atoms with Crippen molar-refractivity contribution in [2.24, 2.45) is 0 Å². The fraction of sp³-hybridized carbons (Fsp3) is 0.462. The number of halogens is 2. The molecule has 1 aliphatic rings. The number of carbonyl (C=O) groups excluding carboxylic acids is 1. The molecule has 2 rings (SSSR count). The quantitative estimate of drug-likeness (QED) is 0.834. The van der Waals surface area contributed by atoms with E-state index in [1.54, 1.807) is 12.0 Å². The summed E-state index contributed by atoms with van der Waals surface area (Å²) in [5.74, 6) is -2.23. The maximum atomic E-state index is 13.3. The van der Waals surface area contributed by atoms with Crippen molar-refractivity contribution in [1.82, 2.24) is 4.90 Å². The third-order valence-corrected chi connectivity index (χ3v) is 3.32. The van der Waals surface area contributed by atoms with Crippen LogP contribution in [-0.2, 0) is 4.74 Å². The first kappa shape index (κ1) is 13.7. The van der Waals surface area contributed by atoms with Gasteiger partial charge in [-0.1, -0.05) is 0 Å². The number of rotatable bonds is 2. The number of nitrogens with zero attached hydrogens (tertiary/aromatic N) is 1. The molecule has 0 bridgehead atoms. The average molecular weight is 270 g/mol. The molecule has 1 unspecified atom stereocenters. The molecule has 1 atom stereocenters. The first-order valence-corrected chi connectivity index (χ1v) is 6.09. The summed E-state index contributed by atoms with van der Waals surface area (Å²) in [5, 5.41) is 0. The van der Waals surface area contributed by atoms with Crippen LogP contribution in [0.3, 0.4) is 0 Å². The number of ether oxygens (including phenoxy) is 1. The average Bonchev–Trinajstić information content (AvgIpc) is 2.43. The number of likely N-dealkylation sites (tertiary alicyclic amines) is 1. The van der Waals surface area contributed by atoms with Crippen molar-refractivity contribution in [2.75, 3.05) is 25.9 Å². The highest BCUT2D eigenvalue weighted by Gasteiger charge is 2.25. The first-order chi connectivity index (χ1) is 9.02. The van der Waals surface area contributed by atoms with E-state index in [1.165, 1.54) is 0 Å². The lowest BCUT2D eigenvalue weighted by Crippen LogP contribution is -2.43. The van der Waals surface area contributed by atoms with Gasteiger partial charge in [-0.2, -0.15) is 0 Å². The minimum Gasteiger partial charge on any atom is -0.394 e. The van der Waals surface area contributed by atoms with Gasteiger partial charge in [-0.3, -0.25) is 4.79 Å². The molecule has 1 fully saturated rings. The minimum atomic E-state index is -0.913. The number of anilines is 1. The summed E-state index contributed by atoms with van der Waals surface area (Å²) in [6, 6.07) is 1.94. The minimum absolute atomic E-state index is 0.0267. The largest absolute Gasteiger partial charge is 0.394 e. The van der Waals surface area contributed by atoms with Crippen molar-refractivity contribution in [3.63, 3.8) is 0 Å². The molecule has 19 heavy (non-hydrogen) atoms. The van der Waals surface area contributed by atoms with Gasteiger partial charge in [0.15, 0.2) is 0 Å². The van der Waals surface area contributed by atoms with Crippen molar-refractivity contribution in [2.45, 2.75) is 18.9 Å². The maximum Gasteiger partial charge on any atom is 0.254 e. The van der Waals surface area contributed by atoms with Gasteiger partial charge < -0.3 is 15.4 Å². The second kappa shape index (κ2) is 5.52. The number of benzene rings is 1. The van der Waals surface area contributed by atoms with Crippen molar-refractivity contribution >= 4 is 11.6 Å². The van der Waals surface area contributed by atoms with Gasteiger partial charge in [0.05, 0.1) is 6.10 Å². The van der Waals surface area contributed by atoms with Crippen LogP contribution in [0.1, 0.15) is 23.2 Å². The fourth-order valence-electron chi connectivity index (χ4n) is 2.21. The van der Waals surface area contributed by atoms with Crippen LogP contribution in [0.15, 0.2) is 12.1 Å². The highest BCUT2D eigenvalue weighted by molar-refractivity contribution is 5.94. The number of nitrogens with two attached hydrogens (primary N) is 1. The standard InChI is InChI=1S/C13H16F2N2O2/c1-19-9-3-2-4-17(7-9)13(18)8-5-10(14)12(16)11(15)6-8/h5-6,9H,2-4,7,16H2,1H3. The molecule has 0 spiro atoms. The van der Waals surface area contributed by atoms with Crippen LogP contribution < -0.4 is 5.73 Å². The summed E-state index contributed by atoms with van der Waals surface area (Å²) >= 11 is 0. The number of hydrogen-bond donors (Lipinski definition) is 1. The Morgan fingerprint density at radius 3 is 2.63 bits per heavy atom. The molecule has 1 heterocycles. The van der Waals surface area contributed by atoms with Gasteiger partial charge in [0.1, 0.15) is 17.3 Å². The molecule has 1 aromatic carbocycles. The van der Waals surface area contributed by atoms with Crippen LogP contribution in [0.4, 0.5) is 14.5 Å². The topological polar surface area (TPSA) is 55.6 Å². The second-order valence-electron chi connectivity index (χ2n) is 4.60. The number of nitrogen functional groups attached to an aromatic ring is 1. The number of carbonyl (C=O) groups is 1. The Morgan fingerprint density at radius 1 is 1.42 bits per heavy atom. The van der Waals surface area contributed by atoms with Crippen LogP contribution in [0.5, 0.6) is 0 Å². The van der Waals surface area contributed by atoms with Crippen molar-refractivity contribution < 1.29 is 18.3 Å². The number of methoxy groups -OCH3 is 1. The highest BCUT2D eigenvalue weighted by atomic mass is 19.1. The maximum absolute atomic E-state index is 13.3. The molecule has 0 aliphatic carbocycles. The molecule has 0 aromatic heterocycles. The molecule has 1 aromatic rings. The van der Waals surface area contributed by atoms with Gasteiger partial charge in [-0.05, 0) is 25.0 Å². The van der Waals surface area contributed by atoms with E-state index in [9.17, 15) is 13.6 Å². The predicted molar refractivity (Wildman–Crippen MR) is 66.7 cm³/mol. The van der Waals surface area contributed by atoms with E-state index < -0.39 is 23.2 Å². The third-order valence-electron chi connectivity index (χ3n) is 3.32. The predicted octanol–water partition coefficient (Wildman–Crippen LogP) is 1.80. The number of hydrogen-bond acceptors (Lipinski definition) is 3. The van der Waals surface area contributed by atoms with Crippen molar-refractivity contribution in [3.05, 3.63) is 29.3 Å². The van der Waals surface area contributed by atoms with Gasteiger partial charge in [0, 0.05) is 25.8 Å². The molecule has 4 nitrogen and oxygen atoms in total. The van der Waals surface area contributed by atoms with Gasteiger partial charge in [0.25, 0.3) is 5.91 Å². The van der Waals surface area contributed by atoms with E-state index in [0.717, 1.165) is 25.0 Å². The summed E-state index contributed by atoms with van der Waals surface area (Å²) in [6.45, 7) is 0.995. The van der Waals surface area contributed by atoms with Crippen molar-refractivity contribution in [3.8, 4) is 0 Å². The zero-order valence-corrected chi connectivity index (χ0v) is 10.7. The van der Waals surface area contributed by atoms with Gasteiger partial charge in [0.2, 0.25) is 0 Å². The molecule has 0 saturated carbocycles. The summed E-state index contributed by atoms with van der Waals surface area (Å²) < 4.78 is 31.9. The third kappa shape index (κ3) is 2.84. The fourth-order valence-corrected chi connectivity index (χ4v) is 2.21. The zero-order valence-electron chi connectivity index (χ0n) is 10.7. The van der Waals surface area contributed by atoms with Crippen molar-refractivity contribution in [1.29, 1.82) is 0 Å². The molecule has 2 N–H and O–H groups in total. The van der Waals surface area contributed by atoms with Crippen LogP contribution in [0.25, 0.3) is 0 Å². The van der Waals surface area contributed by atoms with E-state index in [4.69, 9.17) is 10.5 Å². The molecule has 0 radical (unpaired) electrons. The smallest absolute Gasteiger partial charge is 0.254 e. The molecular weight excluding hydrogens is 254 g/mol. The van der Waals surface area contributed by atoms with Crippen LogP contribution in [0, 0.1) is 11.6 Å². The highest BCUT2D eigenvalue weighted by Crippen LogP contribution is 2.20. The lowest BCUT2D eigenvalue weighted by atomic mass is 10.1. The first-order valence-electron chi connectivity index (χ1n) is 6.09. The molecule has 1 amide bonds. The van der Waals surface area contributed by atoms with E-state index in [2.05, 4.69) is 0 Å². The molecule has 1 aliphatic heterocycles. The Balaban J connectivity index is 2.19. The Kier molecular flexibility index (Phi) is 3.99. The summed E-state index contributed by atoms with van der Waals surface area (Å²) in [6.07, 6.45) is 1.66. The van der Waals surface area contributed by atoms with Gasteiger partial charge >= 0.3 is 0 Å². The summed E-state index contributed by atoms with van der Waals surface area (Å²) in [4.78, 5) is 13.7. The van der Waals surface area contributed by atoms with Crippen LogP contribution in [0.2, 0.25) is 0 Å². The second-order valence-corrected chi connectivity index (χ2v) is 4.60. The lowest BCUT2D eigenvalue weighted by Gasteiger charge is -2.32. The van der Waals surface area contributed by atoms with Crippen LogP contribution in [-0.4, -0.2) is 37.1 Å². The molecule has 6 heteroatoms. The zero-order chi connectivity index (χ0) is 14.0. The number of amides is 1. The van der Waals surface area contributed by atoms with Gasteiger partial charge in [-0.25, -0.2) is 8.78 Å². The molecule has 1 saturated heterocycles. The normalized spacial score (nSPS) is 19.5. The molecular formula is C13H16F2N2O2. The molecule has 104 valence electrons. The Labute approximate surface area is 110 Å². The summed E-state index contributed by atoms with van der Waals surface area (Å²) in [7, 11) is 1.58.